The molecule has 6 heteroatoms. The minimum atomic E-state index is -0.0664. The highest BCUT2D eigenvalue weighted by atomic mass is 16.2. The average Bonchev–Trinajstić information content (AvgIpc) is 3.40. The zero-order valence-corrected chi connectivity index (χ0v) is 21.9. The molecule has 1 aliphatic rings. The Balaban J connectivity index is 1.70. The number of amides is 2. The lowest BCUT2D eigenvalue weighted by Crippen LogP contribution is -2.46. The van der Waals surface area contributed by atoms with E-state index in [1.165, 1.54) is 0 Å². The Bertz CT molecular complexity index is 1220. The van der Waals surface area contributed by atoms with Crippen LogP contribution in [0.25, 0.3) is 11.0 Å². The number of aromatic nitrogens is 2. The van der Waals surface area contributed by atoms with Crippen LogP contribution in [0, 0.1) is 13.8 Å². The Morgan fingerprint density at radius 2 is 1.77 bits per heavy atom. The first-order valence-corrected chi connectivity index (χ1v) is 12.9. The number of benzene rings is 2. The summed E-state index contributed by atoms with van der Waals surface area (Å²) in [5, 5.41) is 0. The van der Waals surface area contributed by atoms with Crippen LogP contribution in [0.15, 0.2) is 42.5 Å². The molecule has 35 heavy (non-hydrogen) atoms. The topological polar surface area (TPSA) is 58.4 Å². The van der Waals surface area contributed by atoms with Crippen LogP contribution < -0.4 is 4.90 Å². The van der Waals surface area contributed by atoms with Crippen molar-refractivity contribution < 1.29 is 9.59 Å². The highest BCUT2D eigenvalue weighted by Crippen LogP contribution is 2.35. The minimum Gasteiger partial charge on any atom is -0.336 e. The first-order valence-electron chi connectivity index (χ1n) is 12.9. The van der Waals surface area contributed by atoms with Crippen molar-refractivity contribution in [2.24, 2.45) is 0 Å². The molecule has 1 fully saturated rings. The van der Waals surface area contributed by atoms with Crippen molar-refractivity contribution >= 4 is 28.5 Å². The average molecular weight is 475 g/mol. The fraction of sp³-hybridized carbons (Fsp3) is 0.483. The summed E-state index contributed by atoms with van der Waals surface area (Å²) >= 11 is 0. The number of para-hydroxylation sites is 2. The standard InChI is InChI=1S/C29H38N4O2/c1-7-21(5)33(22(6)8-2)28(35)18-32-25-12-10-9-11-24(25)30-29(32)23-16-27(34)31(17-23)26-15-19(3)13-14-20(26)4/h9-15,21-23H,7-8,16-18H2,1-6H3. The molecule has 186 valence electrons. The Morgan fingerprint density at radius 1 is 1.09 bits per heavy atom. The molecule has 2 amide bonds. The van der Waals surface area contributed by atoms with E-state index in [1.807, 2.05) is 47.9 Å². The van der Waals surface area contributed by atoms with E-state index in [0.717, 1.165) is 46.5 Å². The van der Waals surface area contributed by atoms with Crippen LogP contribution in [-0.2, 0) is 16.1 Å². The molecule has 1 aromatic heterocycles. The summed E-state index contributed by atoms with van der Waals surface area (Å²) in [6.07, 6.45) is 2.22. The smallest absolute Gasteiger partial charge is 0.243 e. The molecule has 3 atom stereocenters. The van der Waals surface area contributed by atoms with E-state index in [0.29, 0.717) is 13.0 Å². The number of rotatable bonds is 8. The second kappa shape index (κ2) is 10.2. The summed E-state index contributed by atoms with van der Waals surface area (Å²) in [6, 6.07) is 14.5. The van der Waals surface area contributed by atoms with E-state index in [9.17, 15) is 9.59 Å². The maximum atomic E-state index is 13.7. The van der Waals surface area contributed by atoms with Gasteiger partial charge in [-0.3, -0.25) is 9.59 Å². The number of carbonyl (C=O) groups excluding carboxylic acids is 2. The van der Waals surface area contributed by atoms with E-state index in [2.05, 4.69) is 50.5 Å². The molecule has 3 aromatic rings. The Labute approximate surface area is 208 Å². The third-order valence-electron chi connectivity index (χ3n) is 7.54. The number of nitrogens with zero attached hydrogens (tertiary/aromatic N) is 4. The van der Waals surface area contributed by atoms with Crippen LogP contribution in [-0.4, -0.2) is 44.9 Å². The molecular weight excluding hydrogens is 436 g/mol. The van der Waals surface area contributed by atoms with Gasteiger partial charge in [0.25, 0.3) is 0 Å². The molecule has 3 unspecified atom stereocenters. The number of carbonyl (C=O) groups is 2. The number of imidazole rings is 1. The predicted molar refractivity (Wildman–Crippen MR) is 142 cm³/mol. The molecule has 4 rings (SSSR count). The van der Waals surface area contributed by atoms with Crippen molar-refractivity contribution in [3.63, 3.8) is 0 Å². The lowest BCUT2D eigenvalue weighted by atomic mass is 10.1. The number of anilines is 1. The van der Waals surface area contributed by atoms with Gasteiger partial charge in [-0.25, -0.2) is 4.98 Å². The van der Waals surface area contributed by atoms with Gasteiger partial charge in [-0.05, 0) is 69.9 Å². The van der Waals surface area contributed by atoms with Crippen molar-refractivity contribution in [2.45, 2.75) is 85.4 Å². The van der Waals surface area contributed by atoms with Crippen LogP contribution in [0.4, 0.5) is 5.69 Å². The maximum absolute atomic E-state index is 13.7. The van der Waals surface area contributed by atoms with Crippen molar-refractivity contribution in [2.75, 3.05) is 11.4 Å². The largest absolute Gasteiger partial charge is 0.336 e. The van der Waals surface area contributed by atoms with Crippen molar-refractivity contribution in [1.29, 1.82) is 0 Å². The van der Waals surface area contributed by atoms with E-state index in [-0.39, 0.29) is 36.4 Å². The maximum Gasteiger partial charge on any atom is 0.243 e. The fourth-order valence-corrected chi connectivity index (χ4v) is 5.23. The molecule has 6 nitrogen and oxygen atoms in total. The fourth-order valence-electron chi connectivity index (χ4n) is 5.23. The molecule has 1 saturated heterocycles. The molecular formula is C29H38N4O2. The predicted octanol–water partition coefficient (Wildman–Crippen LogP) is 5.60. The summed E-state index contributed by atoms with van der Waals surface area (Å²) in [5.41, 5.74) is 5.00. The van der Waals surface area contributed by atoms with Gasteiger partial charge in [0.15, 0.2) is 0 Å². The monoisotopic (exact) mass is 474 g/mol. The normalized spacial score (nSPS) is 17.7. The number of hydrogen-bond acceptors (Lipinski definition) is 3. The molecule has 0 aliphatic carbocycles. The van der Waals surface area contributed by atoms with Gasteiger partial charge in [-0.15, -0.1) is 0 Å². The molecule has 0 spiro atoms. The summed E-state index contributed by atoms with van der Waals surface area (Å²) in [6.45, 7) is 13.4. The second-order valence-corrected chi connectivity index (χ2v) is 10.1. The Morgan fingerprint density at radius 3 is 2.46 bits per heavy atom. The lowest BCUT2D eigenvalue weighted by molar-refractivity contribution is -0.136. The van der Waals surface area contributed by atoms with Gasteiger partial charge in [0.2, 0.25) is 11.8 Å². The van der Waals surface area contributed by atoms with E-state index < -0.39 is 0 Å². The number of fused-ring (bicyclic) bond motifs is 1. The van der Waals surface area contributed by atoms with Gasteiger partial charge in [-0.1, -0.05) is 38.1 Å². The quantitative estimate of drug-likeness (QED) is 0.427. The van der Waals surface area contributed by atoms with Crippen LogP contribution in [0.3, 0.4) is 0 Å². The van der Waals surface area contributed by atoms with E-state index in [4.69, 9.17) is 4.98 Å². The molecule has 0 bridgehead atoms. The van der Waals surface area contributed by atoms with Crippen LogP contribution in [0.5, 0.6) is 0 Å². The zero-order chi connectivity index (χ0) is 25.3. The molecule has 0 N–H and O–H groups in total. The van der Waals surface area contributed by atoms with Crippen LogP contribution in [0.2, 0.25) is 0 Å². The molecule has 0 saturated carbocycles. The molecule has 0 radical (unpaired) electrons. The minimum absolute atomic E-state index is 0.0664. The highest BCUT2D eigenvalue weighted by molar-refractivity contribution is 5.97. The second-order valence-electron chi connectivity index (χ2n) is 10.1. The van der Waals surface area contributed by atoms with Crippen LogP contribution >= 0.6 is 0 Å². The Kier molecular flexibility index (Phi) is 7.29. The summed E-state index contributed by atoms with van der Waals surface area (Å²) in [7, 11) is 0. The van der Waals surface area contributed by atoms with Gasteiger partial charge in [0.05, 0.1) is 11.0 Å². The first kappa shape index (κ1) is 25.0. The summed E-state index contributed by atoms with van der Waals surface area (Å²) in [4.78, 5) is 35.7. The van der Waals surface area contributed by atoms with E-state index in [1.54, 1.807) is 0 Å². The first-order chi connectivity index (χ1) is 16.7. The summed E-state index contributed by atoms with van der Waals surface area (Å²) in [5.74, 6) is 0.973. The molecule has 2 heterocycles. The van der Waals surface area contributed by atoms with Gasteiger partial charge >= 0.3 is 0 Å². The van der Waals surface area contributed by atoms with Gasteiger partial charge < -0.3 is 14.4 Å². The van der Waals surface area contributed by atoms with Gasteiger partial charge in [0, 0.05) is 36.7 Å². The van der Waals surface area contributed by atoms with E-state index >= 15 is 0 Å². The highest BCUT2D eigenvalue weighted by Gasteiger charge is 2.36. The number of aryl methyl sites for hydroxylation is 2. The third-order valence-corrected chi connectivity index (χ3v) is 7.54. The van der Waals surface area contributed by atoms with Crippen LogP contribution in [0.1, 0.15) is 69.8 Å². The zero-order valence-electron chi connectivity index (χ0n) is 21.9. The SMILES string of the molecule is CCC(C)N(C(=O)Cn1c(C2CC(=O)N(c3cc(C)ccc3C)C2)nc2ccccc21)C(C)CC. The van der Waals surface area contributed by atoms with Gasteiger partial charge in [-0.2, -0.15) is 0 Å². The third kappa shape index (κ3) is 4.84. The molecule has 2 aromatic carbocycles. The van der Waals surface area contributed by atoms with Crippen molar-refractivity contribution in [1.82, 2.24) is 14.5 Å². The van der Waals surface area contributed by atoms with Crippen molar-refractivity contribution in [3.8, 4) is 0 Å². The molecule has 1 aliphatic heterocycles. The summed E-state index contributed by atoms with van der Waals surface area (Å²) < 4.78 is 2.06. The van der Waals surface area contributed by atoms with Gasteiger partial charge in [0.1, 0.15) is 12.4 Å². The lowest BCUT2D eigenvalue weighted by Gasteiger charge is -2.34. The Hall–Kier alpha value is -3.15. The van der Waals surface area contributed by atoms with Crippen molar-refractivity contribution in [3.05, 3.63) is 59.4 Å². The number of hydrogen-bond donors (Lipinski definition) is 0.